The Bertz CT molecular complexity index is 917. The summed E-state index contributed by atoms with van der Waals surface area (Å²) in [6, 6.07) is 14.1. The Morgan fingerprint density at radius 2 is 1.52 bits per heavy atom. The minimum Gasteiger partial charge on any atom is -0.376 e. The Morgan fingerprint density at radius 1 is 0.903 bits per heavy atom. The smallest absolute Gasteiger partial charge is 0.251 e. The van der Waals surface area contributed by atoms with E-state index in [4.69, 9.17) is 0 Å². The number of carbonyl (C=O) groups excluding carboxylic acids is 3. The van der Waals surface area contributed by atoms with Gasteiger partial charge in [-0.15, -0.1) is 0 Å². The summed E-state index contributed by atoms with van der Waals surface area (Å²) in [5.41, 5.74) is 2.02. The van der Waals surface area contributed by atoms with E-state index in [2.05, 4.69) is 21.3 Å². The predicted octanol–water partition coefficient (Wildman–Crippen LogP) is 4.25. The number of benzene rings is 2. The maximum absolute atomic E-state index is 12.3. The van der Waals surface area contributed by atoms with Gasteiger partial charge < -0.3 is 21.3 Å². The molecule has 1 unspecified atom stereocenters. The Labute approximate surface area is 184 Å². The van der Waals surface area contributed by atoms with Gasteiger partial charge in [0.25, 0.3) is 5.91 Å². The van der Waals surface area contributed by atoms with Crippen molar-refractivity contribution < 1.29 is 14.4 Å². The third-order valence-corrected chi connectivity index (χ3v) is 4.68. The normalized spacial score (nSPS) is 11.9. The number of hydrogen-bond acceptors (Lipinski definition) is 4. The van der Waals surface area contributed by atoms with Gasteiger partial charge in [-0.3, -0.25) is 14.4 Å². The molecule has 0 aromatic heterocycles. The molecule has 0 spiro atoms. The zero-order valence-corrected chi connectivity index (χ0v) is 18.8. The number of rotatable bonds is 8. The van der Waals surface area contributed by atoms with Gasteiger partial charge in [-0.25, -0.2) is 0 Å². The number of anilines is 3. The summed E-state index contributed by atoms with van der Waals surface area (Å²) in [4.78, 5) is 36.5. The lowest BCUT2D eigenvalue weighted by Gasteiger charge is -2.18. The quantitative estimate of drug-likeness (QED) is 0.509. The summed E-state index contributed by atoms with van der Waals surface area (Å²) in [6.45, 7) is 9.55. The van der Waals surface area contributed by atoms with Crippen LogP contribution >= 0.6 is 0 Å². The first-order chi connectivity index (χ1) is 14.6. The highest BCUT2D eigenvalue weighted by Gasteiger charge is 2.21. The van der Waals surface area contributed by atoms with Crippen LogP contribution < -0.4 is 21.3 Å². The second kappa shape index (κ2) is 10.6. The van der Waals surface area contributed by atoms with Gasteiger partial charge in [-0.05, 0) is 55.8 Å². The van der Waals surface area contributed by atoms with E-state index in [-0.39, 0.29) is 30.3 Å². The molecule has 31 heavy (non-hydrogen) atoms. The third-order valence-electron chi connectivity index (χ3n) is 4.68. The van der Waals surface area contributed by atoms with E-state index in [9.17, 15) is 14.4 Å². The fourth-order valence-corrected chi connectivity index (χ4v) is 2.53. The first kappa shape index (κ1) is 23.9. The SMILES string of the molecule is CCC(C)NC(=O)c1ccc(NCC(=O)Nc2cccc(NC(=O)C(C)(C)C)c2)cc1. The van der Waals surface area contributed by atoms with Crippen LogP contribution in [0.15, 0.2) is 48.5 Å². The number of nitrogens with one attached hydrogen (secondary N) is 4. The monoisotopic (exact) mass is 424 g/mol. The summed E-state index contributed by atoms with van der Waals surface area (Å²) in [7, 11) is 0. The van der Waals surface area contributed by atoms with Crippen LogP contribution in [0.4, 0.5) is 17.1 Å². The maximum atomic E-state index is 12.3. The zero-order valence-electron chi connectivity index (χ0n) is 18.8. The molecule has 2 rings (SSSR count). The van der Waals surface area contributed by atoms with Gasteiger partial charge >= 0.3 is 0 Å². The van der Waals surface area contributed by atoms with Gasteiger partial charge in [-0.2, -0.15) is 0 Å². The van der Waals surface area contributed by atoms with E-state index >= 15 is 0 Å². The standard InChI is InChI=1S/C24H32N4O3/c1-6-16(2)26-22(30)17-10-12-18(13-11-17)25-15-21(29)27-19-8-7-9-20(14-19)28-23(31)24(3,4)5/h7-14,16,25H,6,15H2,1-5H3,(H,26,30)(H,27,29)(H,28,31). The molecule has 4 N–H and O–H groups in total. The van der Waals surface area contributed by atoms with Gasteiger partial charge in [0.2, 0.25) is 11.8 Å². The summed E-state index contributed by atoms with van der Waals surface area (Å²) in [6.07, 6.45) is 0.867. The molecule has 0 aliphatic heterocycles. The fourth-order valence-electron chi connectivity index (χ4n) is 2.53. The zero-order chi connectivity index (χ0) is 23.0. The molecule has 166 valence electrons. The third kappa shape index (κ3) is 7.77. The van der Waals surface area contributed by atoms with E-state index in [0.29, 0.717) is 16.9 Å². The molecule has 3 amide bonds. The van der Waals surface area contributed by atoms with Crippen molar-refractivity contribution >= 4 is 34.8 Å². The molecular weight excluding hydrogens is 392 g/mol. The molecule has 0 aliphatic rings. The molecule has 7 heteroatoms. The second-order valence-electron chi connectivity index (χ2n) is 8.55. The maximum Gasteiger partial charge on any atom is 0.251 e. The molecule has 0 saturated heterocycles. The molecule has 0 bridgehead atoms. The molecular formula is C24H32N4O3. The van der Waals surface area contributed by atoms with Crippen LogP contribution in [0.2, 0.25) is 0 Å². The lowest BCUT2D eigenvalue weighted by Crippen LogP contribution is -2.31. The van der Waals surface area contributed by atoms with Crippen LogP contribution in [0, 0.1) is 5.41 Å². The molecule has 2 aromatic rings. The minimum atomic E-state index is -0.506. The Balaban J connectivity index is 1.87. The summed E-state index contributed by atoms with van der Waals surface area (Å²) in [5.74, 6) is -0.436. The lowest BCUT2D eigenvalue weighted by molar-refractivity contribution is -0.123. The van der Waals surface area contributed by atoms with E-state index < -0.39 is 5.41 Å². The van der Waals surface area contributed by atoms with Crippen LogP contribution in [-0.2, 0) is 9.59 Å². The van der Waals surface area contributed by atoms with E-state index in [1.807, 2.05) is 34.6 Å². The highest BCUT2D eigenvalue weighted by atomic mass is 16.2. The van der Waals surface area contributed by atoms with Crippen LogP contribution in [0.1, 0.15) is 51.4 Å². The largest absolute Gasteiger partial charge is 0.376 e. The van der Waals surface area contributed by atoms with Crippen molar-refractivity contribution in [3.63, 3.8) is 0 Å². The average molecular weight is 425 g/mol. The van der Waals surface area contributed by atoms with Crippen molar-refractivity contribution in [2.45, 2.75) is 47.1 Å². The molecule has 2 aromatic carbocycles. The first-order valence-corrected chi connectivity index (χ1v) is 10.4. The Kier molecular flexibility index (Phi) is 8.19. The van der Waals surface area contributed by atoms with Gasteiger partial charge in [0.1, 0.15) is 0 Å². The molecule has 0 fully saturated rings. The van der Waals surface area contributed by atoms with Crippen molar-refractivity contribution in [3.8, 4) is 0 Å². The van der Waals surface area contributed by atoms with Crippen molar-refractivity contribution in [3.05, 3.63) is 54.1 Å². The number of hydrogen-bond donors (Lipinski definition) is 4. The highest BCUT2D eigenvalue weighted by molar-refractivity contribution is 5.97. The average Bonchev–Trinajstić information content (AvgIpc) is 2.72. The number of amides is 3. The second-order valence-corrected chi connectivity index (χ2v) is 8.55. The topological polar surface area (TPSA) is 99.3 Å². The van der Waals surface area contributed by atoms with E-state index in [1.54, 1.807) is 48.5 Å². The van der Waals surface area contributed by atoms with Gasteiger partial charge in [0, 0.05) is 34.1 Å². The molecule has 0 radical (unpaired) electrons. The summed E-state index contributed by atoms with van der Waals surface area (Å²) < 4.78 is 0. The van der Waals surface area contributed by atoms with Crippen molar-refractivity contribution in [2.75, 3.05) is 22.5 Å². The lowest BCUT2D eigenvalue weighted by atomic mass is 9.95. The van der Waals surface area contributed by atoms with Gasteiger partial charge in [0.05, 0.1) is 6.54 Å². The van der Waals surface area contributed by atoms with Gasteiger partial charge in [0.15, 0.2) is 0 Å². The van der Waals surface area contributed by atoms with Crippen molar-refractivity contribution in [2.24, 2.45) is 5.41 Å². The van der Waals surface area contributed by atoms with Crippen LogP contribution in [0.25, 0.3) is 0 Å². The van der Waals surface area contributed by atoms with E-state index in [1.165, 1.54) is 0 Å². The fraction of sp³-hybridized carbons (Fsp3) is 0.375. The molecule has 0 aliphatic carbocycles. The Morgan fingerprint density at radius 3 is 2.10 bits per heavy atom. The van der Waals surface area contributed by atoms with Gasteiger partial charge in [-0.1, -0.05) is 33.8 Å². The molecule has 7 nitrogen and oxygen atoms in total. The summed E-state index contributed by atoms with van der Waals surface area (Å²) in [5, 5.41) is 11.6. The van der Waals surface area contributed by atoms with Crippen LogP contribution in [-0.4, -0.2) is 30.3 Å². The summed E-state index contributed by atoms with van der Waals surface area (Å²) >= 11 is 0. The number of carbonyl (C=O) groups is 3. The van der Waals surface area contributed by atoms with Crippen molar-refractivity contribution in [1.82, 2.24) is 5.32 Å². The Hall–Kier alpha value is -3.35. The first-order valence-electron chi connectivity index (χ1n) is 10.4. The van der Waals surface area contributed by atoms with Crippen molar-refractivity contribution in [1.29, 1.82) is 0 Å². The minimum absolute atomic E-state index is 0.0665. The molecule has 0 heterocycles. The molecule has 1 atom stereocenters. The highest BCUT2D eigenvalue weighted by Crippen LogP contribution is 2.20. The molecule has 0 saturated carbocycles. The van der Waals surface area contributed by atoms with E-state index in [0.717, 1.165) is 12.1 Å². The predicted molar refractivity (Wildman–Crippen MR) is 125 cm³/mol. The van der Waals surface area contributed by atoms with Crippen LogP contribution in [0.5, 0.6) is 0 Å². The van der Waals surface area contributed by atoms with Crippen LogP contribution in [0.3, 0.4) is 0 Å².